The van der Waals surface area contributed by atoms with Crippen molar-refractivity contribution in [3.8, 4) is 17.1 Å². The molecule has 7 nitrogen and oxygen atoms in total. The summed E-state index contributed by atoms with van der Waals surface area (Å²) in [6.45, 7) is 6.37. The van der Waals surface area contributed by atoms with E-state index in [1.54, 1.807) is 4.68 Å². The number of tetrazole rings is 1. The molecule has 0 radical (unpaired) electrons. The van der Waals surface area contributed by atoms with E-state index in [4.69, 9.17) is 4.42 Å². The highest BCUT2D eigenvalue weighted by Gasteiger charge is 2.13. The molecule has 142 valence electrons. The number of hydrogen-bond acceptors (Lipinski definition) is 7. The second-order valence-electron chi connectivity index (χ2n) is 6.78. The van der Waals surface area contributed by atoms with Gasteiger partial charge in [-0.3, -0.25) is 0 Å². The SMILES string of the molecule is Cc1cccc(-c2nnc(CSc3nnnn3-c3ccc(C(C)C)cc3)o2)c1. The maximum absolute atomic E-state index is 5.79. The first kappa shape index (κ1) is 18.4. The highest BCUT2D eigenvalue weighted by molar-refractivity contribution is 7.98. The lowest BCUT2D eigenvalue weighted by Gasteiger charge is -2.07. The minimum Gasteiger partial charge on any atom is -0.420 e. The first-order valence-corrected chi connectivity index (χ1v) is 9.99. The molecule has 0 saturated heterocycles. The molecule has 0 N–H and O–H groups in total. The van der Waals surface area contributed by atoms with Crippen molar-refractivity contribution in [3.05, 3.63) is 65.5 Å². The minimum absolute atomic E-state index is 0.483. The smallest absolute Gasteiger partial charge is 0.247 e. The van der Waals surface area contributed by atoms with Gasteiger partial charge in [0, 0.05) is 5.56 Å². The minimum atomic E-state index is 0.483. The molecular formula is C20H20N6OS. The largest absolute Gasteiger partial charge is 0.420 e. The Bertz CT molecular complexity index is 1070. The molecule has 0 unspecified atom stereocenters. The highest BCUT2D eigenvalue weighted by Crippen LogP contribution is 2.25. The van der Waals surface area contributed by atoms with Crippen LogP contribution in [0.3, 0.4) is 0 Å². The molecule has 0 saturated carbocycles. The average molecular weight is 392 g/mol. The van der Waals surface area contributed by atoms with E-state index in [9.17, 15) is 0 Å². The van der Waals surface area contributed by atoms with E-state index in [1.165, 1.54) is 17.3 Å². The molecule has 2 heterocycles. The molecule has 4 aromatic rings. The first-order valence-electron chi connectivity index (χ1n) is 9.01. The van der Waals surface area contributed by atoms with Crippen LogP contribution in [-0.4, -0.2) is 30.4 Å². The van der Waals surface area contributed by atoms with E-state index in [-0.39, 0.29) is 0 Å². The summed E-state index contributed by atoms with van der Waals surface area (Å²) in [5.41, 5.74) is 4.26. The van der Waals surface area contributed by atoms with Crippen molar-refractivity contribution in [2.45, 2.75) is 37.6 Å². The Labute approximate surface area is 167 Å². The zero-order chi connectivity index (χ0) is 19.5. The molecule has 0 atom stereocenters. The summed E-state index contributed by atoms with van der Waals surface area (Å²) in [6.07, 6.45) is 0. The predicted molar refractivity (Wildman–Crippen MR) is 107 cm³/mol. The lowest BCUT2D eigenvalue weighted by Crippen LogP contribution is -2.00. The Kier molecular flexibility index (Phi) is 5.21. The van der Waals surface area contributed by atoms with Crippen molar-refractivity contribution < 1.29 is 4.42 Å². The zero-order valence-electron chi connectivity index (χ0n) is 15.9. The maximum atomic E-state index is 5.79. The van der Waals surface area contributed by atoms with Gasteiger partial charge < -0.3 is 4.42 Å². The number of benzene rings is 2. The molecule has 0 aliphatic rings. The molecule has 2 aromatic carbocycles. The van der Waals surface area contributed by atoms with Gasteiger partial charge in [0.05, 0.1) is 11.4 Å². The normalized spacial score (nSPS) is 11.3. The van der Waals surface area contributed by atoms with E-state index in [1.807, 2.05) is 43.3 Å². The fraction of sp³-hybridized carbons (Fsp3) is 0.250. The fourth-order valence-corrected chi connectivity index (χ4v) is 3.49. The van der Waals surface area contributed by atoms with Crippen LogP contribution >= 0.6 is 11.8 Å². The predicted octanol–water partition coefficient (Wildman–Crippen LogP) is 4.44. The summed E-state index contributed by atoms with van der Waals surface area (Å²) in [6, 6.07) is 16.2. The van der Waals surface area contributed by atoms with Crippen LogP contribution in [0.5, 0.6) is 0 Å². The molecule has 0 aliphatic carbocycles. The van der Waals surface area contributed by atoms with E-state index < -0.39 is 0 Å². The van der Waals surface area contributed by atoms with E-state index >= 15 is 0 Å². The van der Waals surface area contributed by atoms with Gasteiger partial charge in [-0.2, -0.15) is 4.68 Å². The Morgan fingerprint density at radius 3 is 2.61 bits per heavy atom. The maximum Gasteiger partial charge on any atom is 0.247 e. The van der Waals surface area contributed by atoms with Gasteiger partial charge in [-0.1, -0.05) is 55.4 Å². The molecule has 4 rings (SSSR count). The topological polar surface area (TPSA) is 82.5 Å². The number of hydrogen-bond donors (Lipinski definition) is 0. The summed E-state index contributed by atoms with van der Waals surface area (Å²) in [7, 11) is 0. The Morgan fingerprint density at radius 2 is 1.86 bits per heavy atom. The number of aromatic nitrogens is 6. The summed E-state index contributed by atoms with van der Waals surface area (Å²) in [4.78, 5) is 0. The van der Waals surface area contributed by atoms with Gasteiger partial charge >= 0.3 is 0 Å². The summed E-state index contributed by atoms with van der Waals surface area (Å²) < 4.78 is 7.50. The van der Waals surface area contributed by atoms with Crippen molar-refractivity contribution in [1.29, 1.82) is 0 Å². The zero-order valence-corrected chi connectivity index (χ0v) is 16.7. The second kappa shape index (κ2) is 7.93. The van der Waals surface area contributed by atoms with Gasteiger partial charge in [-0.15, -0.1) is 15.3 Å². The lowest BCUT2D eigenvalue weighted by molar-refractivity contribution is 0.528. The highest BCUT2D eigenvalue weighted by atomic mass is 32.2. The van der Waals surface area contributed by atoms with Crippen LogP contribution in [0.4, 0.5) is 0 Å². The van der Waals surface area contributed by atoms with Crippen LogP contribution in [0.2, 0.25) is 0 Å². The van der Waals surface area contributed by atoms with Gasteiger partial charge in [0.15, 0.2) is 0 Å². The fourth-order valence-electron chi connectivity index (χ4n) is 2.76. The molecule has 0 amide bonds. The summed E-state index contributed by atoms with van der Waals surface area (Å²) >= 11 is 1.45. The molecular weight excluding hydrogens is 372 g/mol. The average Bonchev–Trinajstić information content (AvgIpc) is 3.36. The van der Waals surface area contributed by atoms with Crippen molar-refractivity contribution in [2.75, 3.05) is 0 Å². The number of aryl methyl sites for hydroxylation is 1. The summed E-state index contributed by atoms with van der Waals surface area (Å²) in [5, 5.41) is 21.0. The number of nitrogens with zero attached hydrogens (tertiary/aromatic N) is 6. The van der Waals surface area contributed by atoms with Crippen molar-refractivity contribution in [1.82, 2.24) is 30.4 Å². The van der Waals surface area contributed by atoms with Gasteiger partial charge in [0.1, 0.15) is 0 Å². The second-order valence-corrected chi connectivity index (χ2v) is 7.72. The molecule has 0 aliphatic heterocycles. The molecule has 0 spiro atoms. The number of rotatable bonds is 6. The van der Waals surface area contributed by atoms with Crippen molar-refractivity contribution in [3.63, 3.8) is 0 Å². The lowest BCUT2D eigenvalue weighted by atomic mass is 10.0. The van der Waals surface area contributed by atoms with Crippen LogP contribution in [0.25, 0.3) is 17.1 Å². The third kappa shape index (κ3) is 3.96. The molecule has 2 aromatic heterocycles. The molecule has 0 fully saturated rings. The van der Waals surface area contributed by atoms with Gasteiger partial charge in [-0.25, -0.2) is 0 Å². The van der Waals surface area contributed by atoms with Crippen molar-refractivity contribution >= 4 is 11.8 Å². The van der Waals surface area contributed by atoms with Gasteiger partial charge in [0.2, 0.25) is 16.9 Å². The van der Waals surface area contributed by atoms with E-state index in [0.29, 0.717) is 28.6 Å². The summed E-state index contributed by atoms with van der Waals surface area (Å²) in [5.74, 6) is 2.02. The third-order valence-electron chi connectivity index (χ3n) is 4.30. The third-order valence-corrected chi connectivity index (χ3v) is 5.21. The Balaban J connectivity index is 1.47. The van der Waals surface area contributed by atoms with E-state index in [2.05, 4.69) is 51.7 Å². The van der Waals surface area contributed by atoms with Crippen LogP contribution in [0.1, 0.15) is 36.8 Å². The molecule has 0 bridgehead atoms. The van der Waals surface area contributed by atoms with Crippen LogP contribution < -0.4 is 0 Å². The van der Waals surface area contributed by atoms with Crippen molar-refractivity contribution in [2.24, 2.45) is 0 Å². The van der Waals surface area contributed by atoms with Gasteiger partial charge in [0.25, 0.3) is 0 Å². The van der Waals surface area contributed by atoms with Crippen LogP contribution in [0.15, 0.2) is 58.1 Å². The monoisotopic (exact) mass is 392 g/mol. The number of thioether (sulfide) groups is 1. The molecule has 8 heteroatoms. The quantitative estimate of drug-likeness (QED) is 0.449. The van der Waals surface area contributed by atoms with Crippen LogP contribution in [0, 0.1) is 6.92 Å². The van der Waals surface area contributed by atoms with E-state index in [0.717, 1.165) is 16.8 Å². The standard InChI is InChI=1S/C20H20N6OS/c1-13(2)15-7-9-17(10-8-15)26-20(23-24-25-26)28-12-18-21-22-19(27-18)16-6-4-5-14(3)11-16/h4-11,13H,12H2,1-3H3. The Hall–Kier alpha value is -3.00. The van der Waals surface area contributed by atoms with Gasteiger partial charge in [-0.05, 0) is 53.1 Å². The van der Waals surface area contributed by atoms with Crippen LogP contribution in [-0.2, 0) is 5.75 Å². The molecule has 28 heavy (non-hydrogen) atoms. The Morgan fingerprint density at radius 1 is 1.04 bits per heavy atom. The first-order chi connectivity index (χ1) is 13.6.